The van der Waals surface area contributed by atoms with Crippen molar-refractivity contribution in [1.29, 1.82) is 0 Å². The topological polar surface area (TPSA) is 56.0 Å². The van der Waals surface area contributed by atoms with Crippen LogP contribution < -0.4 is 0 Å². The number of hydrogen-bond donors (Lipinski definition) is 0. The fraction of sp³-hybridized carbons (Fsp3) is 0. The number of rotatable bonds is 4. The number of imidazole rings is 1. The third-order valence-electron chi connectivity index (χ3n) is 5.48. The van der Waals surface area contributed by atoms with Gasteiger partial charge in [0.1, 0.15) is 5.65 Å². The van der Waals surface area contributed by atoms with E-state index in [9.17, 15) is 0 Å². The van der Waals surface area contributed by atoms with Crippen LogP contribution in [0.2, 0.25) is 0 Å². The Balaban J connectivity index is 1.49. The second-order valence-electron chi connectivity index (χ2n) is 7.71. The summed E-state index contributed by atoms with van der Waals surface area (Å²) in [7, 11) is 0. The molecule has 0 unspecified atom stereocenters. The summed E-state index contributed by atoms with van der Waals surface area (Å²) in [5.41, 5.74) is 5.66. The smallest absolute Gasteiger partial charge is 0.164 e. The zero-order chi connectivity index (χ0) is 22.0. The Morgan fingerprint density at radius 1 is 0.455 bits per heavy atom. The van der Waals surface area contributed by atoms with Gasteiger partial charge in [0.2, 0.25) is 0 Å². The average molecular weight is 425 g/mol. The van der Waals surface area contributed by atoms with E-state index in [0.717, 1.165) is 33.6 Å². The van der Waals surface area contributed by atoms with Crippen LogP contribution >= 0.6 is 0 Å². The van der Waals surface area contributed by atoms with E-state index in [1.807, 2.05) is 108 Å². The van der Waals surface area contributed by atoms with E-state index in [1.54, 1.807) is 0 Å². The van der Waals surface area contributed by atoms with Crippen LogP contribution in [-0.4, -0.2) is 24.3 Å². The summed E-state index contributed by atoms with van der Waals surface area (Å²) in [4.78, 5) is 19.2. The minimum atomic E-state index is 0.633. The molecule has 0 saturated carbocycles. The van der Waals surface area contributed by atoms with Crippen LogP contribution in [0.15, 0.2) is 116 Å². The Labute approximate surface area is 191 Å². The van der Waals surface area contributed by atoms with Crippen LogP contribution in [0, 0.1) is 0 Å². The first-order chi connectivity index (χ1) is 16.3. The summed E-state index contributed by atoms with van der Waals surface area (Å²) in [5.74, 6) is 1.93. The molecule has 0 spiro atoms. The Kier molecular flexibility index (Phi) is 4.70. The first-order valence-corrected chi connectivity index (χ1v) is 10.7. The number of benzene rings is 3. The predicted molar refractivity (Wildman–Crippen MR) is 130 cm³/mol. The minimum absolute atomic E-state index is 0.633. The molecule has 0 aliphatic carbocycles. The normalized spacial score (nSPS) is 11.0. The van der Waals surface area contributed by atoms with E-state index >= 15 is 0 Å². The maximum absolute atomic E-state index is 4.83. The van der Waals surface area contributed by atoms with Gasteiger partial charge in [-0.1, -0.05) is 84.9 Å². The summed E-state index contributed by atoms with van der Waals surface area (Å²) in [6.45, 7) is 0. The van der Waals surface area contributed by atoms with Crippen molar-refractivity contribution in [2.24, 2.45) is 0 Å². The van der Waals surface area contributed by atoms with Gasteiger partial charge in [-0.05, 0) is 18.2 Å². The zero-order valence-corrected chi connectivity index (χ0v) is 17.7. The van der Waals surface area contributed by atoms with E-state index in [1.165, 1.54) is 0 Å². The van der Waals surface area contributed by atoms with E-state index in [2.05, 4.69) is 12.1 Å². The molecule has 3 aromatic carbocycles. The third kappa shape index (κ3) is 3.77. The van der Waals surface area contributed by atoms with Crippen LogP contribution in [0.4, 0.5) is 0 Å². The molecule has 0 bridgehead atoms. The summed E-state index contributed by atoms with van der Waals surface area (Å²) in [6, 6.07) is 34.2. The predicted octanol–water partition coefficient (Wildman–Crippen LogP) is 6.19. The van der Waals surface area contributed by atoms with E-state index in [-0.39, 0.29) is 0 Å². The van der Waals surface area contributed by atoms with Gasteiger partial charge in [-0.15, -0.1) is 0 Å². The average Bonchev–Trinajstić information content (AvgIpc) is 3.34. The molecule has 5 heteroatoms. The lowest BCUT2D eigenvalue weighted by Gasteiger charge is -2.09. The number of hydrogen-bond acceptors (Lipinski definition) is 4. The third-order valence-corrected chi connectivity index (χ3v) is 5.48. The van der Waals surface area contributed by atoms with Gasteiger partial charge in [-0.3, -0.25) is 0 Å². The van der Waals surface area contributed by atoms with Crippen molar-refractivity contribution in [3.8, 4) is 45.4 Å². The van der Waals surface area contributed by atoms with Crippen LogP contribution in [0.25, 0.3) is 51.1 Å². The van der Waals surface area contributed by atoms with Gasteiger partial charge < -0.3 is 4.40 Å². The fourth-order valence-electron chi connectivity index (χ4n) is 3.83. The molecule has 6 aromatic rings. The molecule has 0 saturated heterocycles. The van der Waals surface area contributed by atoms with E-state index in [0.29, 0.717) is 17.5 Å². The fourth-order valence-corrected chi connectivity index (χ4v) is 3.83. The largest absolute Gasteiger partial charge is 0.306 e. The molecular weight excluding hydrogens is 406 g/mol. The second kappa shape index (κ2) is 8.13. The first kappa shape index (κ1) is 19.1. The lowest BCUT2D eigenvalue weighted by Crippen LogP contribution is -2.00. The molecule has 6 rings (SSSR count). The summed E-state index contributed by atoms with van der Waals surface area (Å²) in [6.07, 6.45) is 4.03. The molecular formula is C28H19N5. The van der Waals surface area contributed by atoms with Crippen molar-refractivity contribution in [2.45, 2.75) is 0 Å². The number of fused-ring (bicyclic) bond motifs is 1. The molecule has 0 radical (unpaired) electrons. The Hall–Kier alpha value is -4.64. The van der Waals surface area contributed by atoms with Gasteiger partial charge >= 0.3 is 0 Å². The Morgan fingerprint density at radius 2 is 1.00 bits per heavy atom. The molecule has 3 heterocycles. The summed E-state index contributed by atoms with van der Waals surface area (Å²) < 4.78 is 2.02. The molecule has 5 nitrogen and oxygen atoms in total. The molecule has 0 fully saturated rings. The van der Waals surface area contributed by atoms with Crippen molar-refractivity contribution in [1.82, 2.24) is 24.3 Å². The van der Waals surface area contributed by atoms with Crippen molar-refractivity contribution >= 4 is 5.65 Å². The molecule has 3 aromatic heterocycles. The summed E-state index contributed by atoms with van der Waals surface area (Å²) >= 11 is 0. The van der Waals surface area contributed by atoms with Crippen molar-refractivity contribution < 1.29 is 0 Å². The quantitative estimate of drug-likeness (QED) is 0.338. The van der Waals surface area contributed by atoms with Gasteiger partial charge in [0.05, 0.1) is 5.69 Å². The number of nitrogens with zero attached hydrogens (tertiary/aromatic N) is 5. The Bertz CT molecular complexity index is 1470. The lowest BCUT2D eigenvalue weighted by molar-refractivity contribution is 1.07. The molecule has 0 aliphatic heterocycles. The van der Waals surface area contributed by atoms with Crippen LogP contribution in [0.3, 0.4) is 0 Å². The van der Waals surface area contributed by atoms with Crippen molar-refractivity contribution in [3.63, 3.8) is 0 Å². The standard InChI is InChI=1S/C28H19N5/c1-3-10-20(11-4-1)26-30-27(21-12-5-2-6-13-21)32-28(31-26)23-15-9-14-22(18-23)24-19-33-17-8-7-16-25(33)29-24/h1-19H. The maximum atomic E-state index is 4.83. The van der Waals surface area contributed by atoms with Crippen LogP contribution in [0.1, 0.15) is 0 Å². The van der Waals surface area contributed by atoms with E-state index < -0.39 is 0 Å². The van der Waals surface area contributed by atoms with Gasteiger partial charge in [-0.2, -0.15) is 0 Å². The van der Waals surface area contributed by atoms with Crippen LogP contribution in [0.5, 0.6) is 0 Å². The molecule has 156 valence electrons. The first-order valence-electron chi connectivity index (χ1n) is 10.7. The molecule has 33 heavy (non-hydrogen) atoms. The van der Waals surface area contributed by atoms with Crippen molar-refractivity contribution in [2.75, 3.05) is 0 Å². The van der Waals surface area contributed by atoms with Gasteiger partial charge in [0.25, 0.3) is 0 Å². The monoisotopic (exact) mass is 425 g/mol. The minimum Gasteiger partial charge on any atom is -0.306 e. The van der Waals surface area contributed by atoms with Crippen LogP contribution in [-0.2, 0) is 0 Å². The maximum Gasteiger partial charge on any atom is 0.164 e. The van der Waals surface area contributed by atoms with Crippen molar-refractivity contribution in [3.05, 3.63) is 116 Å². The molecule has 0 atom stereocenters. The van der Waals surface area contributed by atoms with Gasteiger partial charge in [-0.25, -0.2) is 19.9 Å². The second-order valence-corrected chi connectivity index (χ2v) is 7.71. The van der Waals surface area contributed by atoms with Gasteiger partial charge in [0, 0.05) is 34.6 Å². The molecule has 0 aliphatic rings. The number of aromatic nitrogens is 5. The highest BCUT2D eigenvalue weighted by Crippen LogP contribution is 2.27. The zero-order valence-electron chi connectivity index (χ0n) is 17.7. The Morgan fingerprint density at radius 3 is 1.64 bits per heavy atom. The van der Waals surface area contributed by atoms with E-state index in [4.69, 9.17) is 19.9 Å². The molecule has 0 amide bonds. The highest BCUT2D eigenvalue weighted by atomic mass is 15.0. The highest BCUT2D eigenvalue weighted by molar-refractivity contribution is 5.71. The lowest BCUT2D eigenvalue weighted by atomic mass is 10.1. The van der Waals surface area contributed by atoms with Gasteiger partial charge in [0.15, 0.2) is 17.5 Å². The number of pyridine rings is 1. The highest BCUT2D eigenvalue weighted by Gasteiger charge is 2.13. The summed E-state index contributed by atoms with van der Waals surface area (Å²) in [5, 5.41) is 0. The molecule has 0 N–H and O–H groups in total. The SMILES string of the molecule is c1ccc(-c2nc(-c3ccccc3)nc(-c3cccc(-c4cn5ccccc5n4)c3)n2)cc1.